The molecule has 1 unspecified atom stereocenters. The number of anilines is 1. The van der Waals surface area contributed by atoms with E-state index in [1.54, 1.807) is 6.07 Å². The maximum absolute atomic E-state index is 14.3. The van der Waals surface area contributed by atoms with E-state index in [9.17, 15) is 4.39 Å². The minimum atomic E-state index is -0.0659. The second-order valence-electron chi connectivity index (χ2n) is 5.98. The lowest BCUT2D eigenvalue weighted by atomic mass is 10.0. The number of nitrogens with one attached hydrogen (secondary N) is 1. The molecule has 0 radical (unpaired) electrons. The summed E-state index contributed by atoms with van der Waals surface area (Å²) in [7, 11) is 0. The van der Waals surface area contributed by atoms with Gasteiger partial charge in [0.05, 0.1) is 5.69 Å². The van der Waals surface area contributed by atoms with E-state index in [-0.39, 0.29) is 5.82 Å². The summed E-state index contributed by atoms with van der Waals surface area (Å²) in [6.07, 6.45) is 6.15. The minimum absolute atomic E-state index is 0.0659. The highest BCUT2D eigenvalue weighted by atomic mass is 19.1. The molecule has 1 aliphatic carbocycles. The van der Waals surface area contributed by atoms with Gasteiger partial charge in [-0.3, -0.25) is 0 Å². The van der Waals surface area contributed by atoms with E-state index in [2.05, 4.69) is 23.2 Å². The summed E-state index contributed by atoms with van der Waals surface area (Å²) in [5, 5.41) is 3.43. The second-order valence-corrected chi connectivity index (χ2v) is 5.98. The van der Waals surface area contributed by atoms with Crippen molar-refractivity contribution in [3.63, 3.8) is 0 Å². The van der Waals surface area contributed by atoms with E-state index in [4.69, 9.17) is 0 Å². The van der Waals surface area contributed by atoms with E-state index in [0.29, 0.717) is 12.1 Å². The van der Waals surface area contributed by atoms with Gasteiger partial charge in [-0.05, 0) is 56.7 Å². The van der Waals surface area contributed by atoms with E-state index < -0.39 is 0 Å². The highest BCUT2D eigenvalue weighted by Gasteiger charge is 2.22. The summed E-state index contributed by atoms with van der Waals surface area (Å²) in [6.45, 7) is 3.97. The van der Waals surface area contributed by atoms with Crippen molar-refractivity contribution in [3.05, 3.63) is 29.6 Å². The maximum Gasteiger partial charge on any atom is 0.146 e. The van der Waals surface area contributed by atoms with E-state index in [1.165, 1.54) is 32.1 Å². The van der Waals surface area contributed by atoms with E-state index >= 15 is 0 Å². The minimum Gasteiger partial charge on any atom is -0.366 e. The summed E-state index contributed by atoms with van der Waals surface area (Å²) < 4.78 is 14.3. The van der Waals surface area contributed by atoms with Crippen molar-refractivity contribution in [2.24, 2.45) is 0 Å². The fraction of sp³-hybridized carbons (Fsp3) is 0.625. The fourth-order valence-electron chi connectivity index (χ4n) is 2.90. The molecule has 2 aliphatic rings. The van der Waals surface area contributed by atoms with Crippen molar-refractivity contribution in [1.29, 1.82) is 0 Å². The Morgan fingerprint density at radius 1 is 1.26 bits per heavy atom. The zero-order valence-corrected chi connectivity index (χ0v) is 11.7. The molecule has 3 heteroatoms. The third kappa shape index (κ3) is 3.08. The van der Waals surface area contributed by atoms with Crippen LogP contribution in [0.15, 0.2) is 18.2 Å². The molecule has 2 nitrogen and oxygen atoms in total. The Bertz CT molecular complexity index is 442. The largest absolute Gasteiger partial charge is 0.366 e. The number of hydrogen-bond donors (Lipinski definition) is 1. The summed E-state index contributed by atoms with van der Waals surface area (Å²) in [6, 6.07) is 6.85. The van der Waals surface area contributed by atoms with Crippen LogP contribution in [0.25, 0.3) is 0 Å². The Morgan fingerprint density at radius 3 is 2.79 bits per heavy atom. The zero-order chi connectivity index (χ0) is 13.2. The molecular formula is C16H23FN2. The van der Waals surface area contributed by atoms with E-state index in [1.807, 2.05) is 6.07 Å². The highest BCUT2D eigenvalue weighted by molar-refractivity contribution is 5.50. The predicted molar refractivity (Wildman–Crippen MR) is 76.9 cm³/mol. The van der Waals surface area contributed by atoms with Crippen LogP contribution in [0.5, 0.6) is 0 Å². The van der Waals surface area contributed by atoms with Gasteiger partial charge >= 0.3 is 0 Å². The van der Waals surface area contributed by atoms with Crippen molar-refractivity contribution in [3.8, 4) is 0 Å². The van der Waals surface area contributed by atoms with Gasteiger partial charge in [0, 0.05) is 25.2 Å². The van der Waals surface area contributed by atoms with Crippen molar-refractivity contribution in [2.75, 3.05) is 11.4 Å². The first kappa shape index (κ1) is 12.9. The molecule has 1 aromatic carbocycles. The van der Waals surface area contributed by atoms with Crippen LogP contribution in [-0.2, 0) is 6.54 Å². The molecule has 104 valence electrons. The molecule has 1 N–H and O–H groups in total. The first-order valence-corrected chi connectivity index (χ1v) is 7.52. The van der Waals surface area contributed by atoms with Crippen LogP contribution in [0.1, 0.15) is 44.6 Å². The van der Waals surface area contributed by atoms with E-state index in [0.717, 1.165) is 24.3 Å². The summed E-state index contributed by atoms with van der Waals surface area (Å²) in [4.78, 5) is 2.22. The normalized spacial score (nSPS) is 23.7. The molecule has 0 spiro atoms. The Hall–Kier alpha value is -1.09. The number of piperidine rings is 1. The molecule has 1 aliphatic heterocycles. The lowest BCUT2D eigenvalue weighted by Crippen LogP contribution is -2.38. The van der Waals surface area contributed by atoms with Gasteiger partial charge in [0.25, 0.3) is 0 Å². The molecular weight excluding hydrogens is 239 g/mol. The molecule has 1 saturated carbocycles. The third-order valence-corrected chi connectivity index (χ3v) is 4.30. The number of hydrogen-bond acceptors (Lipinski definition) is 2. The number of benzene rings is 1. The van der Waals surface area contributed by atoms with Crippen LogP contribution in [0, 0.1) is 5.82 Å². The van der Waals surface area contributed by atoms with Crippen molar-refractivity contribution < 1.29 is 4.39 Å². The van der Waals surface area contributed by atoms with Crippen LogP contribution in [0.4, 0.5) is 10.1 Å². The van der Waals surface area contributed by atoms with Gasteiger partial charge in [-0.25, -0.2) is 4.39 Å². The lowest BCUT2D eigenvalue weighted by molar-refractivity contribution is 0.475. The second kappa shape index (κ2) is 5.49. The molecule has 0 amide bonds. The van der Waals surface area contributed by atoms with Crippen LogP contribution in [-0.4, -0.2) is 18.6 Å². The van der Waals surface area contributed by atoms with Crippen molar-refractivity contribution in [1.82, 2.24) is 5.32 Å². The summed E-state index contributed by atoms with van der Waals surface area (Å²) >= 11 is 0. The predicted octanol–water partition coefficient (Wildman–Crippen LogP) is 3.46. The topological polar surface area (TPSA) is 15.3 Å². The SMILES string of the molecule is CC1CCCCN1c1ccc(CNC2CC2)cc1F. The van der Waals surface area contributed by atoms with Crippen LogP contribution in [0.2, 0.25) is 0 Å². The van der Waals surface area contributed by atoms with Crippen LogP contribution < -0.4 is 10.2 Å². The third-order valence-electron chi connectivity index (χ3n) is 4.30. The van der Waals surface area contributed by atoms with Gasteiger partial charge < -0.3 is 10.2 Å². The molecule has 1 atom stereocenters. The smallest absolute Gasteiger partial charge is 0.146 e. The Labute approximate surface area is 115 Å². The average Bonchev–Trinajstić information content (AvgIpc) is 3.22. The molecule has 2 fully saturated rings. The van der Waals surface area contributed by atoms with Crippen molar-refractivity contribution in [2.45, 2.75) is 57.7 Å². The van der Waals surface area contributed by atoms with Gasteiger partial charge in [-0.15, -0.1) is 0 Å². The van der Waals surface area contributed by atoms with Crippen LogP contribution in [0.3, 0.4) is 0 Å². The van der Waals surface area contributed by atoms with Gasteiger partial charge in [-0.1, -0.05) is 6.07 Å². The van der Waals surface area contributed by atoms with Gasteiger partial charge in [0.2, 0.25) is 0 Å². The lowest BCUT2D eigenvalue weighted by Gasteiger charge is -2.35. The van der Waals surface area contributed by atoms with Gasteiger partial charge in [0.1, 0.15) is 5.82 Å². The quantitative estimate of drug-likeness (QED) is 0.894. The zero-order valence-electron chi connectivity index (χ0n) is 11.7. The Morgan fingerprint density at radius 2 is 2.11 bits per heavy atom. The maximum atomic E-state index is 14.3. The van der Waals surface area contributed by atoms with Gasteiger partial charge in [0.15, 0.2) is 0 Å². The molecule has 19 heavy (non-hydrogen) atoms. The van der Waals surface area contributed by atoms with Crippen molar-refractivity contribution >= 4 is 5.69 Å². The summed E-state index contributed by atoms with van der Waals surface area (Å²) in [5.74, 6) is -0.0659. The molecule has 1 aromatic rings. The molecule has 3 rings (SSSR count). The first-order chi connectivity index (χ1) is 9.24. The highest BCUT2D eigenvalue weighted by Crippen LogP contribution is 2.28. The molecule has 1 heterocycles. The number of halogens is 1. The first-order valence-electron chi connectivity index (χ1n) is 7.52. The summed E-state index contributed by atoms with van der Waals surface area (Å²) in [5.41, 5.74) is 1.83. The Balaban J connectivity index is 1.70. The van der Waals surface area contributed by atoms with Gasteiger partial charge in [-0.2, -0.15) is 0 Å². The number of rotatable bonds is 4. The molecule has 1 saturated heterocycles. The monoisotopic (exact) mass is 262 g/mol. The fourth-order valence-corrected chi connectivity index (χ4v) is 2.90. The molecule has 0 aromatic heterocycles. The average molecular weight is 262 g/mol. The van der Waals surface area contributed by atoms with Crippen LogP contribution >= 0.6 is 0 Å². The molecule has 0 bridgehead atoms. The number of nitrogens with zero attached hydrogens (tertiary/aromatic N) is 1. The Kier molecular flexibility index (Phi) is 3.74. The standard InChI is InChI=1S/C16H23FN2/c1-12-4-2-3-9-19(12)16-8-5-13(10-15(16)17)11-18-14-6-7-14/h5,8,10,12,14,18H,2-4,6-7,9,11H2,1H3.